The first-order valence-corrected chi connectivity index (χ1v) is 5.91. The van der Waals surface area contributed by atoms with Gasteiger partial charge in [-0.2, -0.15) is 4.39 Å². The van der Waals surface area contributed by atoms with Crippen LogP contribution < -0.4 is 5.73 Å². The van der Waals surface area contributed by atoms with Crippen molar-refractivity contribution < 1.29 is 12.8 Å². The van der Waals surface area contributed by atoms with Gasteiger partial charge in [0.2, 0.25) is 15.0 Å². The summed E-state index contributed by atoms with van der Waals surface area (Å²) in [5.41, 5.74) is 5.03. The summed E-state index contributed by atoms with van der Waals surface area (Å²) in [6.07, 6.45) is 0.809. The lowest BCUT2D eigenvalue weighted by Gasteiger charge is -2.01. The Labute approximate surface area is 92.3 Å². The second-order valence-electron chi connectivity index (χ2n) is 2.70. The van der Waals surface area contributed by atoms with Gasteiger partial charge in [0, 0.05) is 11.6 Å². The van der Waals surface area contributed by atoms with Crippen LogP contribution in [0.5, 0.6) is 0 Å². The van der Waals surface area contributed by atoms with Crippen LogP contribution in [-0.2, 0) is 9.84 Å². The Balaban J connectivity index is 3.18. The second-order valence-corrected chi connectivity index (χ2v) is 5.01. The Kier molecular flexibility index (Phi) is 3.84. The molecule has 6 heteroatoms. The number of halogens is 2. The molecule has 15 heavy (non-hydrogen) atoms. The second kappa shape index (κ2) is 4.74. The third-order valence-corrected chi connectivity index (χ3v) is 3.48. The van der Waals surface area contributed by atoms with E-state index in [0.29, 0.717) is 5.02 Å². The highest BCUT2D eigenvalue weighted by Crippen LogP contribution is 2.21. The maximum atomic E-state index is 13.1. The largest absolute Gasteiger partial charge is 0.327 e. The molecule has 0 saturated heterocycles. The highest BCUT2D eigenvalue weighted by atomic mass is 35.5. The number of sulfone groups is 1. The summed E-state index contributed by atoms with van der Waals surface area (Å²) in [5, 5.41) is -0.857. The van der Waals surface area contributed by atoms with Crippen LogP contribution in [-0.4, -0.2) is 15.0 Å². The van der Waals surface area contributed by atoms with E-state index in [-0.39, 0.29) is 11.4 Å². The molecule has 0 bridgehead atoms. The molecular formula is C9H9ClFNO2S. The SMILES string of the molecule is NC/C=C(\F)S(=O)(=O)c1ccc(Cl)cc1. The van der Waals surface area contributed by atoms with Gasteiger partial charge in [-0.25, -0.2) is 8.42 Å². The smallest absolute Gasteiger partial charge is 0.233 e. The van der Waals surface area contributed by atoms with Gasteiger partial charge in [-0.1, -0.05) is 11.6 Å². The zero-order chi connectivity index (χ0) is 11.5. The molecule has 0 aliphatic carbocycles. The van der Waals surface area contributed by atoms with Gasteiger partial charge in [0.05, 0.1) is 4.90 Å². The van der Waals surface area contributed by atoms with Crippen molar-refractivity contribution in [3.05, 3.63) is 40.5 Å². The molecule has 0 unspecified atom stereocenters. The molecule has 0 radical (unpaired) electrons. The summed E-state index contributed by atoms with van der Waals surface area (Å²) in [6, 6.07) is 5.23. The minimum Gasteiger partial charge on any atom is -0.327 e. The molecule has 0 aromatic heterocycles. The van der Waals surface area contributed by atoms with E-state index in [2.05, 4.69) is 0 Å². The predicted octanol–water partition coefficient (Wildman–Crippen LogP) is 1.88. The highest BCUT2D eigenvalue weighted by Gasteiger charge is 2.19. The Hall–Kier alpha value is -0.910. The number of rotatable bonds is 3. The van der Waals surface area contributed by atoms with Crippen LogP contribution in [0.1, 0.15) is 0 Å². The van der Waals surface area contributed by atoms with Crippen LogP contribution in [0.2, 0.25) is 5.02 Å². The Morgan fingerprint density at radius 1 is 1.40 bits per heavy atom. The Bertz CT molecular complexity index is 467. The topological polar surface area (TPSA) is 60.2 Å². The lowest BCUT2D eigenvalue weighted by atomic mass is 10.4. The molecule has 0 aliphatic heterocycles. The first kappa shape index (κ1) is 12.2. The average molecular weight is 250 g/mol. The molecule has 0 atom stereocenters. The van der Waals surface area contributed by atoms with Gasteiger partial charge < -0.3 is 5.73 Å². The molecule has 1 rings (SSSR count). The lowest BCUT2D eigenvalue weighted by molar-refractivity contribution is 0.576. The van der Waals surface area contributed by atoms with E-state index >= 15 is 0 Å². The molecule has 0 heterocycles. The third-order valence-electron chi connectivity index (χ3n) is 1.66. The molecule has 0 saturated carbocycles. The zero-order valence-electron chi connectivity index (χ0n) is 7.65. The van der Waals surface area contributed by atoms with E-state index in [4.69, 9.17) is 17.3 Å². The first-order chi connectivity index (χ1) is 6.98. The van der Waals surface area contributed by atoms with Crippen molar-refractivity contribution in [2.75, 3.05) is 6.54 Å². The zero-order valence-corrected chi connectivity index (χ0v) is 9.22. The van der Waals surface area contributed by atoms with Crippen LogP contribution in [0, 0.1) is 0 Å². The van der Waals surface area contributed by atoms with Crippen LogP contribution in [0.15, 0.2) is 40.4 Å². The fraction of sp³-hybridized carbons (Fsp3) is 0.111. The Morgan fingerprint density at radius 3 is 2.40 bits per heavy atom. The van der Waals surface area contributed by atoms with Crippen molar-refractivity contribution in [2.45, 2.75) is 4.90 Å². The monoisotopic (exact) mass is 249 g/mol. The molecule has 1 aromatic rings. The van der Waals surface area contributed by atoms with Crippen molar-refractivity contribution in [3.63, 3.8) is 0 Å². The quantitative estimate of drug-likeness (QED) is 0.890. The fourth-order valence-corrected chi connectivity index (χ4v) is 2.09. The van der Waals surface area contributed by atoms with Gasteiger partial charge in [-0.15, -0.1) is 0 Å². The summed E-state index contributed by atoms with van der Waals surface area (Å²) in [7, 11) is -4.06. The summed E-state index contributed by atoms with van der Waals surface area (Å²) in [4.78, 5) is -0.144. The third kappa shape index (κ3) is 2.77. The number of hydrogen-bond donors (Lipinski definition) is 1. The molecule has 0 aliphatic rings. The van der Waals surface area contributed by atoms with Crippen molar-refractivity contribution >= 4 is 21.4 Å². The Morgan fingerprint density at radius 2 is 1.93 bits per heavy atom. The van der Waals surface area contributed by atoms with E-state index in [9.17, 15) is 12.8 Å². The van der Waals surface area contributed by atoms with Gasteiger partial charge >= 0.3 is 0 Å². The molecule has 0 amide bonds. The highest BCUT2D eigenvalue weighted by molar-refractivity contribution is 7.95. The number of benzene rings is 1. The molecule has 1 aromatic carbocycles. The summed E-state index contributed by atoms with van der Waals surface area (Å²) in [5.74, 6) is 0. The molecular weight excluding hydrogens is 241 g/mol. The standard InChI is InChI=1S/C9H9ClFNO2S/c10-7-1-3-8(4-2-7)15(13,14)9(11)5-6-12/h1-5H,6,12H2/b9-5+. The molecule has 82 valence electrons. The predicted molar refractivity (Wildman–Crippen MR) is 56.9 cm³/mol. The normalized spacial score (nSPS) is 12.9. The lowest BCUT2D eigenvalue weighted by Crippen LogP contribution is -2.04. The summed E-state index contributed by atoms with van der Waals surface area (Å²) >= 11 is 5.58. The van der Waals surface area contributed by atoms with Gasteiger partial charge in [0.25, 0.3) is 0 Å². The maximum Gasteiger partial charge on any atom is 0.233 e. The first-order valence-electron chi connectivity index (χ1n) is 4.05. The van der Waals surface area contributed by atoms with Gasteiger partial charge in [0.1, 0.15) is 0 Å². The number of nitrogens with two attached hydrogens (primary N) is 1. The summed E-state index contributed by atoms with van der Waals surface area (Å²) < 4.78 is 36.1. The van der Waals surface area contributed by atoms with Crippen LogP contribution in [0.25, 0.3) is 0 Å². The minimum absolute atomic E-state index is 0.144. The van der Waals surface area contributed by atoms with E-state index < -0.39 is 15.0 Å². The van der Waals surface area contributed by atoms with Crippen LogP contribution >= 0.6 is 11.6 Å². The van der Waals surface area contributed by atoms with Crippen LogP contribution in [0.3, 0.4) is 0 Å². The molecule has 0 spiro atoms. The van der Waals surface area contributed by atoms with E-state index in [1.54, 1.807) is 0 Å². The molecule has 2 N–H and O–H groups in total. The van der Waals surface area contributed by atoms with Crippen LogP contribution in [0.4, 0.5) is 4.39 Å². The van der Waals surface area contributed by atoms with Crippen molar-refractivity contribution in [1.82, 2.24) is 0 Å². The molecule has 0 fully saturated rings. The minimum atomic E-state index is -4.06. The average Bonchev–Trinajstić information content (AvgIpc) is 2.18. The van der Waals surface area contributed by atoms with Gasteiger partial charge in [-0.05, 0) is 30.3 Å². The fourth-order valence-electron chi connectivity index (χ4n) is 0.929. The van der Waals surface area contributed by atoms with Gasteiger partial charge in [0.15, 0.2) is 0 Å². The van der Waals surface area contributed by atoms with Crippen molar-refractivity contribution in [1.29, 1.82) is 0 Å². The maximum absolute atomic E-state index is 13.1. The van der Waals surface area contributed by atoms with Crippen molar-refractivity contribution in [3.8, 4) is 0 Å². The summed E-state index contributed by atoms with van der Waals surface area (Å²) in [6.45, 7) is -0.168. The molecule has 3 nitrogen and oxygen atoms in total. The van der Waals surface area contributed by atoms with Gasteiger partial charge in [-0.3, -0.25) is 0 Å². The van der Waals surface area contributed by atoms with E-state index in [1.165, 1.54) is 24.3 Å². The van der Waals surface area contributed by atoms with E-state index in [1.807, 2.05) is 0 Å². The van der Waals surface area contributed by atoms with Crippen molar-refractivity contribution in [2.24, 2.45) is 5.73 Å². The number of hydrogen-bond acceptors (Lipinski definition) is 3. The van der Waals surface area contributed by atoms with E-state index in [0.717, 1.165) is 6.08 Å².